The van der Waals surface area contributed by atoms with Gasteiger partial charge in [0.25, 0.3) is 5.91 Å². The van der Waals surface area contributed by atoms with Crippen LogP contribution in [0.2, 0.25) is 0 Å². The van der Waals surface area contributed by atoms with E-state index in [-0.39, 0.29) is 24.1 Å². The molecule has 0 spiro atoms. The highest BCUT2D eigenvalue weighted by atomic mass is 16.5. The molecule has 0 bridgehead atoms. The van der Waals surface area contributed by atoms with E-state index in [1.807, 2.05) is 42.5 Å². The number of carboxylic acid groups (broad SMARTS) is 1. The third kappa shape index (κ3) is 5.83. The third-order valence-corrected chi connectivity index (χ3v) is 6.29. The van der Waals surface area contributed by atoms with Crippen molar-refractivity contribution in [2.75, 3.05) is 26.2 Å². The Bertz CT molecular complexity index is 1170. The molecule has 0 saturated carbocycles. The Morgan fingerprint density at radius 3 is 2.44 bits per heavy atom. The molecule has 1 saturated heterocycles. The van der Waals surface area contributed by atoms with Crippen LogP contribution in [0.5, 0.6) is 5.75 Å². The molecule has 3 aromatic carbocycles. The summed E-state index contributed by atoms with van der Waals surface area (Å²) in [5.74, 6) is -0.419. The molecule has 0 aromatic heterocycles. The topological polar surface area (TPSA) is 78.9 Å². The molecule has 1 aliphatic rings. The Kier molecular flexibility index (Phi) is 7.60. The molecule has 1 amide bonds. The summed E-state index contributed by atoms with van der Waals surface area (Å²) in [5.41, 5.74) is 1.45. The van der Waals surface area contributed by atoms with Gasteiger partial charge >= 0.3 is 5.97 Å². The second-order valence-electron chi connectivity index (χ2n) is 8.54. The van der Waals surface area contributed by atoms with Crippen LogP contribution in [0.3, 0.4) is 0 Å². The Hall–Kier alpha value is -3.64. The number of nitrogens with one attached hydrogen (secondary N) is 1. The molecule has 6 heteroatoms. The quantitative estimate of drug-likeness (QED) is 0.483. The fourth-order valence-electron chi connectivity index (χ4n) is 4.24. The van der Waals surface area contributed by atoms with Crippen molar-refractivity contribution in [1.82, 2.24) is 10.2 Å². The van der Waals surface area contributed by atoms with Crippen molar-refractivity contribution >= 4 is 28.7 Å². The molecular formula is C28H30N2O4. The highest BCUT2D eigenvalue weighted by Gasteiger charge is 2.21. The van der Waals surface area contributed by atoms with E-state index in [9.17, 15) is 9.59 Å². The molecule has 176 valence electrons. The second kappa shape index (κ2) is 11.0. The smallest absolute Gasteiger partial charge is 0.335 e. The van der Waals surface area contributed by atoms with Crippen molar-refractivity contribution in [1.29, 1.82) is 0 Å². The number of benzene rings is 3. The van der Waals surface area contributed by atoms with E-state index in [4.69, 9.17) is 9.84 Å². The van der Waals surface area contributed by atoms with Crippen molar-refractivity contribution in [2.45, 2.75) is 25.8 Å². The summed E-state index contributed by atoms with van der Waals surface area (Å²) in [6.07, 6.45) is 3.61. The summed E-state index contributed by atoms with van der Waals surface area (Å²) in [7, 11) is 0. The number of hydrogen-bond donors (Lipinski definition) is 2. The molecule has 0 unspecified atom stereocenters. The van der Waals surface area contributed by atoms with Crippen molar-refractivity contribution < 1.29 is 19.4 Å². The first kappa shape index (κ1) is 23.5. The van der Waals surface area contributed by atoms with Crippen molar-refractivity contribution in [3.05, 3.63) is 83.4 Å². The average molecular weight is 459 g/mol. The van der Waals surface area contributed by atoms with Gasteiger partial charge in [0.1, 0.15) is 12.4 Å². The minimum Gasteiger partial charge on any atom is -0.488 e. The third-order valence-electron chi connectivity index (χ3n) is 6.29. The molecule has 1 aliphatic heterocycles. The van der Waals surface area contributed by atoms with Crippen molar-refractivity contribution in [2.24, 2.45) is 0 Å². The summed E-state index contributed by atoms with van der Waals surface area (Å²) in [4.78, 5) is 26.8. The zero-order chi connectivity index (χ0) is 23.9. The summed E-state index contributed by atoms with van der Waals surface area (Å²) in [6, 6.07) is 20.4. The standard InChI is InChI=1S/C28H30N2O4/c1-2-30-16-14-24(15-17-30)29-27(31)23(18-20-10-12-22(13-11-20)28(32)33)19-34-26-9-5-7-21-6-3-4-8-25(21)26/h3-13,18,24H,2,14-17,19H2,1H3,(H,29,31)(H,32,33)/b23-18+. The van der Waals surface area contributed by atoms with E-state index in [0.29, 0.717) is 11.3 Å². The van der Waals surface area contributed by atoms with Gasteiger partial charge in [-0.15, -0.1) is 0 Å². The number of ether oxygens (including phenoxy) is 1. The number of likely N-dealkylation sites (tertiary alicyclic amines) is 1. The first-order chi connectivity index (χ1) is 16.5. The largest absolute Gasteiger partial charge is 0.488 e. The van der Waals surface area contributed by atoms with Gasteiger partial charge in [-0.3, -0.25) is 4.79 Å². The lowest BCUT2D eigenvalue weighted by atomic mass is 10.0. The van der Waals surface area contributed by atoms with Crippen LogP contribution in [-0.4, -0.2) is 54.2 Å². The number of piperidine rings is 1. The number of hydrogen-bond acceptors (Lipinski definition) is 4. The van der Waals surface area contributed by atoms with Gasteiger partial charge in [0.2, 0.25) is 0 Å². The normalized spacial score (nSPS) is 15.3. The van der Waals surface area contributed by atoms with Crippen LogP contribution in [0, 0.1) is 0 Å². The molecule has 4 rings (SSSR count). The van der Waals surface area contributed by atoms with E-state index >= 15 is 0 Å². The van der Waals surface area contributed by atoms with Gasteiger partial charge in [-0.2, -0.15) is 0 Å². The minimum absolute atomic E-state index is 0.105. The van der Waals surface area contributed by atoms with Crippen LogP contribution in [-0.2, 0) is 4.79 Å². The fourth-order valence-corrected chi connectivity index (χ4v) is 4.24. The lowest BCUT2D eigenvalue weighted by Gasteiger charge is -2.31. The fraction of sp³-hybridized carbons (Fsp3) is 0.286. The highest BCUT2D eigenvalue weighted by Crippen LogP contribution is 2.26. The van der Waals surface area contributed by atoms with E-state index in [0.717, 1.165) is 48.8 Å². The van der Waals surface area contributed by atoms with E-state index in [2.05, 4.69) is 17.1 Å². The minimum atomic E-state index is -0.980. The van der Waals surface area contributed by atoms with Gasteiger partial charge in [0.05, 0.1) is 11.1 Å². The van der Waals surface area contributed by atoms with Crippen LogP contribution >= 0.6 is 0 Å². The first-order valence-electron chi connectivity index (χ1n) is 11.7. The van der Waals surface area contributed by atoms with E-state index in [1.54, 1.807) is 18.2 Å². The Morgan fingerprint density at radius 1 is 1.03 bits per heavy atom. The SMILES string of the molecule is CCN1CCC(NC(=O)/C(=C/c2ccc(C(=O)O)cc2)COc2cccc3ccccc23)CC1. The Balaban J connectivity index is 1.54. The Labute approximate surface area is 199 Å². The number of carbonyl (C=O) groups is 2. The number of amides is 1. The lowest BCUT2D eigenvalue weighted by molar-refractivity contribution is -0.118. The highest BCUT2D eigenvalue weighted by molar-refractivity contribution is 5.98. The van der Waals surface area contributed by atoms with Crippen LogP contribution < -0.4 is 10.1 Å². The summed E-state index contributed by atoms with van der Waals surface area (Å²) >= 11 is 0. The molecule has 0 radical (unpaired) electrons. The monoisotopic (exact) mass is 458 g/mol. The van der Waals surface area contributed by atoms with Gasteiger partial charge in [-0.05, 0) is 54.6 Å². The van der Waals surface area contributed by atoms with E-state index < -0.39 is 5.97 Å². The average Bonchev–Trinajstić information content (AvgIpc) is 2.87. The van der Waals surface area contributed by atoms with Gasteiger partial charge in [0, 0.05) is 24.5 Å². The zero-order valence-corrected chi connectivity index (χ0v) is 19.4. The number of carboxylic acids is 1. The van der Waals surface area contributed by atoms with Gasteiger partial charge in [-0.25, -0.2) is 4.79 Å². The van der Waals surface area contributed by atoms with Crippen molar-refractivity contribution in [3.8, 4) is 5.75 Å². The van der Waals surface area contributed by atoms with Crippen LogP contribution in [0.25, 0.3) is 16.8 Å². The molecule has 34 heavy (non-hydrogen) atoms. The molecule has 1 fully saturated rings. The molecule has 0 atom stereocenters. The maximum Gasteiger partial charge on any atom is 0.335 e. The predicted molar refractivity (Wildman–Crippen MR) is 134 cm³/mol. The van der Waals surface area contributed by atoms with Gasteiger partial charge in [0.15, 0.2) is 0 Å². The Morgan fingerprint density at radius 2 is 1.74 bits per heavy atom. The molecule has 0 aliphatic carbocycles. The molecular weight excluding hydrogens is 428 g/mol. The zero-order valence-electron chi connectivity index (χ0n) is 19.4. The predicted octanol–water partition coefficient (Wildman–Crippen LogP) is 4.60. The number of aromatic carboxylic acids is 1. The summed E-state index contributed by atoms with van der Waals surface area (Å²) < 4.78 is 6.13. The van der Waals surface area contributed by atoms with Crippen LogP contribution in [0.4, 0.5) is 0 Å². The number of carbonyl (C=O) groups excluding carboxylic acids is 1. The number of rotatable bonds is 8. The van der Waals surface area contributed by atoms with Crippen LogP contribution in [0.15, 0.2) is 72.3 Å². The number of nitrogens with zero attached hydrogens (tertiary/aromatic N) is 1. The summed E-state index contributed by atoms with van der Waals surface area (Å²) in [5, 5.41) is 14.4. The van der Waals surface area contributed by atoms with Crippen molar-refractivity contribution in [3.63, 3.8) is 0 Å². The first-order valence-corrected chi connectivity index (χ1v) is 11.7. The molecule has 3 aromatic rings. The molecule has 2 N–H and O–H groups in total. The molecule has 6 nitrogen and oxygen atoms in total. The maximum atomic E-state index is 13.3. The number of fused-ring (bicyclic) bond motifs is 1. The molecule has 1 heterocycles. The summed E-state index contributed by atoms with van der Waals surface area (Å²) in [6.45, 7) is 5.23. The van der Waals surface area contributed by atoms with E-state index in [1.165, 1.54) is 12.1 Å². The van der Waals surface area contributed by atoms with Gasteiger partial charge < -0.3 is 20.1 Å². The second-order valence-corrected chi connectivity index (χ2v) is 8.54. The lowest BCUT2D eigenvalue weighted by Crippen LogP contribution is -2.45. The van der Waals surface area contributed by atoms with Gasteiger partial charge in [-0.1, -0.05) is 55.5 Å². The van der Waals surface area contributed by atoms with Crippen LogP contribution in [0.1, 0.15) is 35.7 Å². The maximum absolute atomic E-state index is 13.3.